The highest BCUT2D eigenvalue weighted by atomic mass is 16.6. The van der Waals surface area contributed by atoms with E-state index < -0.39 is 11.7 Å². The van der Waals surface area contributed by atoms with E-state index in [0.29, 0.717) is 17.5 Å². The van der Waals surface area contributed by atoms with Crippen molar-refractivity contribution in [2.75, 3.05) is 0 Å². The number of nitrogens with one attached hydrogen (secondary N) is 1. The van der Waals surface area contributed by atoms with Crippen LogP contribution in [0.25, 0.3) is 0 Å². The third kappa shape index (κ3) is 28.3. The predicted octanol–water partition coefficient (Wildman–Crippen LogP) is 14.2. The van der Waals surface area contributed by atoms with E-state index in [0.717, 1.165) is 25.7 Å². The molecular formula is C46H84N2O3. The molecule has 2 atom stereocenters. The van der Waals surface area contributed by atoms with E-state index in [1.165, 1.54) is 173 Å². The second-order valence-corrected chi connectivity index (χ2v) is 16.1. The number of unbranched alkanes of at least 4 members (excludes halogenated alkanes) is 28. The Balaban J connectivity index is 2.08. The molecule has 2 unspecified atom stereocenters. The van der Waals surface area contributed by atoms with Gasteiger partial charge in [0.25, 0.3) is 5.91 Å². The van der Waals surface area contributed by atoms with Crippen molar-refractivity contribution in [2.45, 2.75) is 245 Å². The highest BCUT2D eigenvalue weighted by Gasteiger charge is 2.24. The fraction of sp³-hybridized carbons (Fsp3) is 0.826. The maximum Gasteiger partial charge on any atom is 0.339 e. The van der Waals surface area contributed by atoms with Gasteiger partial charge in [0.15, 0.2) is 5.72 Å². The van der Waals surface area contributed by atoms with Gasteiger partial charge in [0.1, 0.15) is 0 Å². The van der Waals surface area contributed by atoms with Crippen LogP contribution in [0.4, 0.5) is 0 Å². The fourth-order valence-electron chi connectivity index (χ4n) is 7.13. The first-order valence-corrected chi connectivity index (χ1v) is 22.2. The van der Waals surface area contributed by atoms with Gasteiger partial charge in [-0.3, -0.25) is 10.5 Å². The Morgan fingerprint density at radius 1 is 0.549 bits per heavy atom. The van der Waals surface area contributed by atoms with Crippen LogP contribution in [-0.4, -0.2) is 23.6 Å². The summed E-state index contributed by atoms with van der Waals surface area (Å²) in [5, 5.41) is 3.12. The smallest absolute Gasteiger partial charge is 0.339 e. The predicted molar refractivity (Wildman–Crippen MR) is 220 cm³/mol. The summed E-state index contributed by atoms with van der Waals surface area (Å²) in [6, 6.07) is 6.87. The molecule has 51 heavy (non-hydrogen) atoms. The van der Waals surface area contributed by atoms with Crippen LogP contribution in [0.15, 0.2) is 24.3 Å². The number of benzene rings is 1. The minimum Gasteiger partial charge on any atom is -0.441 e. The molecule has 5 nitrogen and oxygen atoms in total. The molecule has 3 N–H and O–H groups in total. The normalized spacial score (nSPS) is 13.2. The topological polar surface area (TPSA) is 81.4 Å². The zero-order chi connectivity index (χ0) is 37.3. The van der Waals surface area contributed by atoms with Crippen LogP contribution in [0.5, 0.6) is 0 Å². The van der Waals surface area contributed by atoms with Crippen LogP contribution in [0.1, 0.15) is 254 Å². The van der Waals surface area contributed by atoms with Crippen molar-refractivity contribution in [3.63, 3.8) is 0 Å². The number of amides is 1. The number of nitrogens with two attached hydrogens (primary N) is 1. The average molecular weight is 713 g/mol. The zero-order valence-electron chi connectivity index (χ0n) is 34.3. The van der Waals surface area contributed by atoms with E-state index in [2.05, 4.69) is 26.1 Å². The third-order valence-corrected chi connectivity index (χ3v) is 10.6. The number of esters is 1. The first-order chi connectivity index (χ1) is 24.8. The molecule has 1 amide bonds. The van der Waals surface area contributed by atoms with E-state index in [4.69, 9.17) is 10.5 Å². The van der Waals surface area contributed by atoms with Gasteiger partial charge in [0.2, 0.25) is 0 Å². The molecule has 1 aromatic carbocycles. The first-order valence-electron chi connectivity index (χ1n) is 22.2. The quantitative estimate of drug-likeness (QED) is 0.0412. The van der Waals surface area contributed by atoms with E-state index in [9.17, 15) is 9.59 Å². The monoisotopic (exact) mass is 713 g/mol. The van der Waals surface area contributed by atoms with Crippen molar-refractivity contribution in [3.05, 3.63) is 35.4 Å². The molecule has 0 radical (unpaired) electrons. The Labute approximate surface area is 316 Å². The molecule has 0 aromatic heterocycles. The molecule has 0 fully saturated rings. The van der Waals surface area contributed by atoms with Crippen LogP contribution < -0.4 is 11.1 Å². The molecule has 5 heteroatoms. The second-order valence-electron chi connectivity index (χ2n) is 16.1. The van der Waals surface area contributed by atoms with E-state index in [-0.39, 0.29) is 11.9 Å². The summed E-state index contributed by atoms with van der Waals surface area (Å²) in [6.07, 6.45) is 41.8. The summed E-state index contributed by atoms with van der Waals surface area (Å²) < 4.78 is 5.67. The molecule has 296 valence electrons. The van der Waals surface area contributed by atoms with Gasteiger partial charge >= 0.3 is 5.97 Å². The molecule has 0 aliphatic heterocycles. The summed E-state index contributed by atoms with van der Waals surface area (Å²) in [5.41, 5.74) is 6.34. The lowest BCUT2D eigenvalue weighted by Gasteiger charge is -2.25. The Bertz CT molecular complexity index is 944. The number of ether oxygens (including phenoxy) is 1. The maximum absolute atomic E-state index is 12.8. The van der Waals surface area contributed by atoms with Crippen molar-refractivity contribution < 1.29 is 14.3 Å². The third-order valence-electron chi connectivity index (χ3n) is 10.6. The Morgan fingerprint density at radius 2 is 0.863 bits per heavy atom. The van der Waals surface area contributed by atoms with Gasteiger partial charge < -0.3 is 10.1 Å². The SMILES string of the molecule is CCCCCCCCCCCCCCCCCC(C)NC(=O)c1ccc(C(=O)OC(C)(N)CCCCCCCCCCCCCCCCC)cc1. The van der Waals surface area contributed by atoms with Crippen molar-refractivity contribution >= 4 is 11.9 Å². The molecule has 0 saturated heterocycles. The second kappa shape index (κ2) is 32.7. The summed E-state index contributed by atoms with van der Waals surface area (Å²) in [7, 11) is 0. The van der Waals surface area contributed by atoms with Crippen LogP contribution in [0, 0.1) is 0 Å². The minimum absolute atomic E-state index is 0.0970. The fourth-order valence-corrected chi connectivity index (χ4v) is 7.13. The number of rotatable bonds is 36. The lowest BCUT2D eigenvalue weighted by atomic mass is 10.0. The number of carbonyl (C=O) groups is 2. The summed E-state index contributed by atoms with van der Waals surface area (Å²) in [5.74, 6) is -0.533. The van der Waals surface area contributed by atoms with Crippen molar-refractivity contribution in [3.8, 4) is 0 Å². The molecule has 0 aliphatic carbocycles. The molecule has 0 bridgehead atoms. The number of carbonyl (C=O) groups excluding carboxylic acids is 2. The standard InChI is InChI=1S/C46H84N2O3/c1-5-7-9-11-13-15-17-19-21-23-25-27-29-31-33-35-41(3)48-44(49)42-36-38-43(39-37-42)45(50)51-46(4,47)40-34-32-30-28-26-24-22-20-18-16-14-12-10-8-6-2/h36-39,41H,5-35,40,47H2,1-4H3,(H,48,49). The van der Waals surface area contributed by atoms with E-state index >= 15 is 0 Å². The van der Waals surface area contributed by atoms with Gasteiger partial charge in [0, 0.05) is 18.0 Å². The van der Waals surface area contributed by atoms with Crippen LogP contribution in [0.2, 0.25) is 0 Å². The largest absolute Gasteiger partial charge is 0.441 e. The van der Waals surface area contributed by atoms with Gasteiger partial charge in [-0.15, -0.1) is 0 Å². The van der Waals surface area contributed by atoms with E-state index in [1.807, 2.05) is 0 Å². The van der Waals surface area contributed by atoms with Crippen LogP contribution in [-0.2, 0) is 4.74 Å². The summed E-state index contributed by atoms with van der Waals surface area (Å²) in [4.78, 5) is 25.6. The van der Waals surface area contributed by atoms with Gasteiger partial charge in [-0.1, -0.05) is 200 Å². The number of hydrogen-bond acceptors (Lipinski definition) is 4. The summed E-state index contributed by atoms with van der Waals surface area (Å²) >= 11 is 0. The molecule has 0 saturated carbocycles. The van der Waals surface area contributed by atoms with Gasteiger partial charge in [-0.25, -0.2) is 4.79 Å². The molecule has 1 rings (SSSR count). The average Bonchev–Trinajstić information content (AvgIpc) is 3.11. The first kappa shape index (κ1) is 47.1. The minimum atomic E-state index is -0.994. The Morgan fingerprint density at radius 3 is 1.24 bits per heavy atom. The van der Waals surface area contributed by atoms with Crippen LogP contribution >= 0.6 is 0 Å². The molecular weight excluding hydrogens is 629 g/mol. The lowest BCUT2D eigenvalue weighted by Crippen LogP contribution is -2.41. The highest BCUT2D eigenvalue weighted by molar-refractivity contribution is 5.96. The maximum atomic E-state index is 12.8. The molecule has 1 aromatic rings. The summed E-state index contributed by atoms with van der Waals surface area (Å²) in [6.45, 7) is 8.42. The Hall–Kier alpha value is -1.88. The molecule has 0 heterocycles. The number of hydrogen-bond donors (Lipinski definition) is 2. The highest BCUT2D eigenvalue weighted by Crippen LogP contribution is 2.19. The van der Waals surface area contributed by atoms with Crippen molar-refractivity contribution in [1.82, 2.24) is 5.32 Å². The molecule has 0 aliphatic rings. The Kier molecular flexibility index (Phi) is 30.3. The molecule has 0 spiro atoms. The van der Waals surface area contributed by atoms with Crippen molar-refractivity contribution in [1.29, 1.82) is 0 Å². The lowest BCUT2D eigenvalue weighted by molar-refractivity contribution is -0.0115. The van der Waals surface area contributed by atoms with Crippen LogP contribution in [0.3, 0.4) is 0 Å². The van der Waals surface area contributed by atoms with Gasteiger partial charge in [-0.2, -0.15) is 0 Å². The zero-order valence-corrected chi connectivity index (χ0v) is 34.3. The van der Waals surface area contributed by atoms with E-state index in [1.54, 1.807) is 31.2 Å². The van der Waals surface area contributed by atoms with Gasteiger partial charge in [0.05, 0.1) is 5.56 Å². The van der Waals surface area contributed by atoms with Crippen molar-refractivity contribution in [2.24, 2.45) is 5.73 Å². The van der Waals surface area contributed by atoms with Gasteiger partial charge in [-0.05, 0) is 51.0 Å².